The molecule has 27 heavy (non-hydrogen) atoms. The van der Waals surface area contributed by atoms with Gasteiger partial charge in [0.1, 0.15) is 11.3 Å². The van der Waals surface area contributed by atoms with E-state index in [0.717, 1.165) is 10.9 Å². The molecule has 0 aliphatic heterocycles. The Morgan fingerprint density at radius 1 is 1.07 bits per heavy atom. The van der Waals surface area contributed by atoms with Crippen LogP contribution in [0.5, 0.6) is 5.75 Å². The highest BCUT2D eigenvalue weighted by Crippen LogP contribution is 2.19. The summed E-state index contributed by atoms with van der Waals surface area (Å²) in [6.07, 6.45) is 0.420. The first-order valence-corrected chi connectivity index (χ1v) is 8.52. The molecule has 0 saturated heterocycles. The maximum absolute atomic E-state index is 12.2. The monoisotopic (exact) mass is 365 g/mol. The van der Waals surface area contributed by atoms with Crippen LogP contribution in [0, 0.1) is 0 Å². The molecule has 0 aliphatic carbocycles. The van der Waals surface area contributed by atoms with Crippen molar-refractivity contribution in [2.75, 3.05) is 6.61 Å². The van der Waals surface area contributed by atoms with Gasteiger partial charge in [-0.1, -0.05) is 30.3 Å². The van der Waals surface area contributed by atoms with E-state index in [1.54, 1.807) is 24.3 Å². The normalized spacial score (nSPS) is 11.7. The number of ketones is 1. The van der Waals surface area contributed by atoms with E-state index in [1.165, 1.54) is 13.0 Å². The quantitative estimate of drug-likeness (QED) is 0.650. The Bertz CT molecular complexity index is 1010. The van der Waals surface area contributed by atoms with Gasteiger partial charge in [0.05, 0.1) is 6.04 Å². The third kappa shape index (κ3) is 5.04. The maximum Gasteiger partial charge on any atom is 0.336 e. The average Bonchev–Trinajstić information content (AvgIpc) is 2.66. The molecule has 0 radical (unpaired) electrons. The van der Waals surface area contributed by atoms with E-state index in [2.05, 4.69) is 5.32 Å². The van der Waals surface area contributed by atoms with E-state index in [1.807, 2.05) is 30.3 Å². The van der Waals surface area contributed by atoms with Crippen molar-refractivity contribution in [3.8, 4) is 5.75 Å². The Hall–Kier alpha value is -3.41. The largest absolute Gasteiger partial charge is 0.484 e. The van der Waals surface area contributed by atoms with Crippen molar-refractivity contribution in [1.82, 2.24) is 5.32 Å². The fraction of sp³-hybridized carbons (Fsp3) is 0.190. The smallest absolute Gasteiger partial charge is 0.336 e. The highest BCUT2D eigenvalue weighted by molar-refractivity contribution is 5.88. The molecule has 2 aromatic carbocycles. The summed E-state index contributed by atoms with van der Waals surface area (Å²) in [5.74, 6) is -0.130. The van der Waals surface area contributed by atoms with Crippen LogP contribution < -0.4 is 15.7 Å². The van der Waals surface area contributed by atoms with E-state index >= 15 is 0 Å². The van der Waals surface area contributed by atoms with Crippen LogP contribution >= 0.6 is 0 Å². The zero-order chi connectivity index (χ0) is 19.2. The van der Waals surface area contributed by atoms with Crippen LogP contribution in [0.2, 0.25) is 0 Å². The second-order valence-corrected chi connectivity index (χ2v) is 6.16. The van der Waals surface area contributed by atoms with Crippen molar-refractivity contribution in [1.29, 1.82) is 0 Å². The van der Waals surface area contributed by atoms with Crippen molar-refractivity contribution in [2.45, 2.75) is 19.4 Å². The molecular formula is C21H19NO5. The molecule has 138 valence electrons. The summed E-state index contributed by atoms with van der Waals surface area (Å²) in [6.45, 7) is 1.20. The number of rotatable bonds is 7. The molecule has 1 heterocycles. The number of hydrogen-bond donors (Lipinski definition) is 1. The van der Waals surface area contributed by atoms with Crippen LogP contribution in [-0.2, 0) is 16.0 Å². The lowest BCUT2D eigenvalue weighted by molar-refractivity contribution is -0.128. The van der Waals surface area contributed by atoms with Crippen LogP contribution in [0.3, 0.4) is 0 Å². The molecule has 1 amide bonds. The Morgan fingerprint density at radius 3 is 2.56 bits per heavy atom. The van der Waals surface area contributed by atoms with Gasteiger partial charge >= 0.3 is 5.63 Å². The Morgan fingerprint density at radius 2 is 1.81 bits per heavy atom. The first-order chi connectivity index (χ1) is 13.0. The van der Waals surface area contributed by atoms with Crippen LogP contribution in [0.25, 0.3) is 11.0 Å². The first-order valence-electron chi connectivity index (χ1n) is 8.52. The average molecular weight is 365 g/mol. The second kappa shape index (κ2) is 8.31. The van der Waals surface area contributed by atoms with E-state index < -0.39 is 17.6 Å². The molecule has 3 aromatic rings. The van der Waals surface area contributed by atoms with Gasteiger partial charge in [0, 0.05) is 17.5 Å². The summed E-state index contributed by atoms with van der Waals surface area (Å²) in [6, 6.07) is 16.8. The summed E-state index contributed by atoms with van der Waals surface area (Å²) >= 11 is 0. The van der Waals surface area contributed by atoms with Crippen LogP contribution in [0.4, 0.5) is 0 Å². The first kappa shape index (κ1) is 18.4. The standard InChI is InChI=1S/C21H19NO5/c1-14(23)18(11-15-5-3-2-4-6-15)22-20(24)13-26-17-9-7-16-8-10-21(25)27-19(16)12-17/h2-10,12,18H,11,13H2,1H3,(H,22,24)/t18-/m1/s1. The zero-order valence-corrected chi connectivity index (χ0v) is 14.8. The fourth-order valence-electron chi connectivity index (χ4n) is 2.66. The number of carbonyl (C=O) groups excluding carboxylic acids is 2. The Labute approximate surface area is 155 Å². The molecule has 0 spiro atoms. The maximum atomic E-state index is 12.2. The van der Waals surface area contributed by atoms with Gasteiger partial charge in [-0.25, -0.2) is 4.79 Å². The summed E-state index contributed by atoms with van der Waals surface area (Å²) < 4.78 is 10.6. The third-order valence-corrected chi connectivity index (χ3v) is 4.07. The summed E-state index contributed by atoms with van der Waals surface area (Å²) in [7, 11) is 0. The number of carbonyl (C=O) groups is 2. The lowest BCUT2D eigenvalue weighted by Crippen LogP contribution is -2.43. The Kier molecular flexibility index (Phi) is 5.66. The lowest BCUT2D eigenvalue weighted by atomic mass is 10.0. The number of nitrogens with one attached hydrogen (secondary N) is 1. The van der Waals surface area contributed by atoms with E-state index in [-0.39, 0.29) is 12.4 Å². The second-order valence-electron chi connectivity index (χ2n) is 6.16. The van der Waals surface area contributed by atoms with Gasteiger partial charge in [0.15, 0.2) is 12.4 Å². The minimum Gasteiger partial charge on any atom is -0.484 e. The molecule has 1 aromatic heterocycles. The minimum absolute atomic E-state index is 0.125. The van der Waals surface area contributed by atoms with Crippen molar-refractivity contribution >= 4 is 22.7 Å². The summed E-state index contributed by atoms with van der Waals surface area (Å²) in [5.41, 5.74) is 0.886. The SMILES string of the molecule is CC(=O)[C@@H](Cc1ccccc1)NC(=O)COc1ccc2ccc(=O)oc2c1. The number of benzene rings is 2. The molecule has 1 N–H and O–H groups in total. The summed E-state index contributed by atoms with van der Waals surface area (Å²) in [5, 5.41) is 3.45. The van der Waals surface area contributed by atoms with Gasteiger partial charge < -0.3 is 14.5 Å². The van der Waals surface area contributed by atoms with Gasteiger partial charge in [-0.05, 0) is 37.1 Å². The van der Waals surface area contributed by atoms with Gasteiger partial charge in [0.2, 0.25) is 0 Å². The number of amides is 1. The van der Waals surface area contributed by atoms with Crippen LogP contribution in [0.1, 0.15) is 12.5 Å². The van der Waals surface area contributed by atoms with Gasteiger partial charge in [-0.3, -0.25) is 9.59 Å². The zero-order valence-electron chi connectivity index (χ0n) is 14.8. The lowest BCUT2D eigenvalue weighted by Gasteiger charge is -2.16. The van der Waals surface area contributed by atoms with E-state index in [0.29, 0.717) is 17.8 Å². The van der Waals surface area contributed by atoms with Gasteiger partial charge in [0.25, 0.3) is 5.91 Å². The van der Waals surface area contributed by atoms with Crippen molar-refractivity contribution in [3.63, 3.8) is 0 Å². The van der Waals surface area contributed by atoms with Crippen LogP contribution in [-0.4, -0.2) is 24.3 Å². The number of ether oxygens (including phenoxy) is 1. The van der Waals surface area contributed by atoms with Crippen LogP contribution in [0.15, 0.2) is 69.9 Å². The van der Waals surface area contributed by atoms with Crippen molar-refractivity contribution in [2.24, 2.45) is 0 Å². The number of fused-ring (bicyclic) bond motifs is 1. The molecule has 0 saturated carbocycles. The molecule has 0 bridgehead atoms. The number of hydrogen-bond acceptors (Lipinski definition) is 5. The van der Waals surface area contributed by atoms with Gasteiger partial charge in [-0.15, -0.1) is 0 Å². The molecule has 6 heteroatoms. The molecule has 0 fully saturated rings. The molecule has 3 rings (SSSR count). The highest BCUT2D eigenvalue weighted by atomic mass is 16.5. The minimum atomic E-state index is -0.613. The fourth-order valence-corrected chi connectivity index (χ4v) is 2.66. The van der Waals surface area contributed by atoms with Crippen molar-refractivity contribution in [3.05, 3.63) is 76.6 Å². The van der Waals surface area contributed by atoms with Crippen molar-refractivity contribution < 1.29 is 18.7 Å². The Balaban J connectivity index is 1.61. The third-order valence-electron chi connectivity index (χ3n) is 4.07. The predicted octanol–water partition coefficient (Wildman–Crippen LogP) is 2.49. The molecular weight excluding hydrogens is 346 g/mol. The number of Topliss-reactive ketones (excluding diaryl/α,β-unsaturated/α-hetero) is 1. The predicted molar refractivity (Wildman–Crippen MR) is 101 cm³/mol. The highest BCUT2D eigenvalue weighted by Gasteiger charge is 2.18. The van der Waals surface area contributed by atoms with E-state index in [9.17, 15) is 14.4 Å². The van der Waals surface area contributed by atoms with Gasteiger partial charge in [-0.2, -0.15) is 0 Å². The molecule has 6 nitrogen and oxygen atoms in total. The molecule has 0 aliphatic rings. The van der Waals surface area contributed by atoms with E-state index in [4.69, 9.17) is 9.15 Å². The molecule has 0 unspecified atom stereocenters. The molecule has 1 atom stereocenters. The summed E-state index contributed by atoms with van der Waals surface area (Å²) in [4.78, 5) is 35.3. The topological polar surface area (TPSA) is 85.6 Å².